The van der Waals surface area contributed by atoms with Crippen LogP contribution >= 0.6 is 0 Å². The zero-order valence-electron chi connectivity index (χ0n) is 13.4. The molecule has 2 aliphatic carbocycles. The molecule has 0 aromatic rings. The zero-order valence-corrected chi connectivity index (χ0v) is 13.4. The molecule has 1 fully saturated rings. The second kappa shape index (κ2) is 5.18. The first kappa shape index (κ1) is 15.6. The molecule has 114 valence electrons. The Morgan fingerprint density at radius 3 is 2.70 bits per heavy atom. The van der Waals surface area contributed by atoms with E-state index in [1.807, 2.05) is 6.92 Å². The summed E-state index contributed by atoms with van der Waals surface area (Å²) in [6.45, 7) is 10.00. The Balaban J connectivity index is 2.35. The number of aliphatic hydroxyl groups is 1. The molecule has 0 aromatic heterocycles. The molecule has 4 atom stereocenters. The molecule has 2 aliphatic rings. The number of fused-ring (bicyclic) bond motifs is 1. The van der Waals surface area contributed by atoms with E-state index in [4.69, 9.17) is 4.74 Å². The van der Waals surface area contributed by atoms with Gasteiger partial charge in [0.05, 0.1) is 5.60 Å². The second-order valence-electron chi connectivity index (χ2n) is 7.33. The normalized spacial score (nSPS) is 41.0. The summed E-state index contributed by atoms with van der Waals surface area (Å²) >= 11 is 0. The summed E-state index contributed by atoms with van der Waals surface area (Å²) in [5.74, 6) is 0.456. The first-order valence-electron chi connectivity index (χ1n) is 7.76. The highest BCUT2D eigenvalue weighted by Gasteiger charge is 2.58. The monoisotopic (exact) mass is 280 g/mol. The number of esters is 1. The number of carbonyl (C=O) groups is 1. The van der Waals surface area contributed by atoms with Crippen LogP contribution in [0.4, 0.5) is 0 Å². The standard InChI is InChI=1S/C17H28O3/c1-11(2)14-7-9-16(5)8-6-12(3)15(20-13(4)18)10-17(14,16)19/h6,11,14-15,19H,7-10H2,1-5H3. The summed E-state index contributed by atoms with van der Waals surface area (Å²) in [5, 5.41) is 11.5. The van der Waals surface area contributed by atoms with Gasteiger partial charge in [-0.2, -0.15) is 0 Å². The minimum Gasteiger partial charge on any atom is -0.458 e. The van der Waals surface area contributed by atoms with E-state index in [9.17, 15) is 9.90 Å². The van der Waals surface area contributed by atoms with Gasteiger partial charge in [0.15, 0.2) is 0 Å². The highest BCUT2D eigenvalue weighted by Crippen LogP contribution is 2.58. The molecule has 0 spiro atoms. The van der Waals surface area contributed by atoms with Crippen LogP contribution in [0.5, 0.6) is 0 Å². The van der Waals surface area contributed by atoms with Gasteiger partial charge in [-0.15, -0.1) is 0 Å². The van der Waals surface area contributed by atoms with E-state index in [0.717, 1.165) is 24.8 Å². The van der Waals surface area contributed by atoms with E-state index in [0.29, 0.717) is 12.3 Å². The zero-order chi connectivity index (χ0) is 15.1. The van der Waals surface area contributed by atoms with Crippen molar-refractivity contribution in [3.8, 4) is 0 Å². The van der Waals surface area contributed by atoms with Crippen LogP contribution < -0.4 is 0 Å². The lowest BCUT2D eigenvalue weighted by Gasteiger charge is -2.44. The number of carbonyl (C=O) groups excluding carboxylic acids is 1. The third-order valence-corrected chi connectivity index (χ3v) is 5.66. The van der Waals surface area contributed by atoms with E-state index >= 15 is 0 Å². The second-order valence-corrected chi connectivity index (χ2v) is 7.33. The molecule has 0 heterocycles. The quantitative estimate of drug-likeness (QED) is 0.622. The number of hydrogen-bond donors (Lipinski definition) is 1. The third-order valence-electron chi connectivity index (χ3n) is 5.66. The van der Waals surface area contributed by atoms with Crippen LogP contribution in [0.3, 0.4) is 0 Å². The fraction of sp³-hybridized carbons (Fsp3) is 0.824. The van der Waals surface area contributed by atoms with Gasteiger partial charge in [-0.3, -0.25) is 4.79 Å². The van der Waals surface area contributed by atoms with Gasteiger partial charge < -0.3 is 9.84 Å². The minimum absolute atomic E-state index is 0.0991. The molecule has 4 unspecified atom stereocenters. The highest BCUT2D eigenvalue weighted by atomic mass is 16.5. The average Bonchev–Trinajstić information content (AvgIpc) is 2.53. The summed E-state index contributed by atoms with van der Waals surface area (Å²) in [5.41, 5.74) is 0.236. The van der Waals surface area contributed by atoms with Crippen LogP contribution in [0, 0.1) is 17.3 Å². The Morgan fingerprint density at radius 2 is 2.15 bits per heavy atom. The van der Waals surface area contributed by atoms with Crippen molar-refractivity contribution < 1.29 is 14.6 Å². The van der Waals surface area contributed by atoms with Gasteiger partial charge in [0, 0.05) is 18.8 Å². The number of allylic oxidation sites excluding steroid dienone is 1. The highest BCUT2D eigenvalue weighted by molar-refractivity contribution is 5.66. The van der Waals surface area contributed by atoms with Gasteiger partial charge in [0.25, 0.3) is 0 Å². The topological polar surface area (TPSA) is 46.5 Å². The Labute approximate surface area is 122 Å². The van der Waals surface area contributed by atoms with Crippen LogP contribution in [0.25, 0.3) is 0 Å². The molecule has 0 bridgehead atoms. The molecular weight excluding hydrogens is 252 g/mol. The van der Waals surface area contributed by atoms with Crippen molar-refractivity contribution in [1.82, 2.24) is 0 Å². The van der Waals surface area contributed by atoms with Crippen molar-refractivity contribution in [3.05, 3.63) is 11.6 Å². The molecule has 0 amide bonds. The van der Waals surface area contributed by atoms with Crippen molar-refractivity contribution in [2.24, 2.45) is 17.3 Å². The van der Waals surface area contributed by atoms with Crippen molar-refractivity contribution in [2.45, 2.75) is 72.0 Å². The van der Waals surface area contributed by atoms with E-state index < -0.39 is 5.60 Å². The molecule has 20 heavy (non-hydrogen) atoms. The summed E-state index contributed by atoms with van der Waals surface area (Å²) < 4.78 is 5.46. The van der Waals surface area contributed by atoms with E-state index in [2.05, 4.69) is 26.8 Å². The molecule has 3 nitrogen and oxygen atoms in total. The molecule has 1 saturated carbocycles. The van der Waals surface area contributed by atoms with E-state index in [1.165, 1.54) is 6.92 Å². The van der Waals surface area contributed by atoms with Crippen LogP contribution in [-0.4, -0.2) is 22.8 Å². The molecule has 1 N–H and O–H groups in total. The van der Waals surface area contributed by atoms with Gasteiger partial charge in [0.2, 0.25) is 0 Å². The van der Waals surface area contributed by atoms with Gasteiger partial charge in [0.1, 0.15) is 6.10 Å². The summed E-state index contributed by atoms with van der Waals surface area (Å²) in [6, 6.07) is 0. The third kappa shape index (κ3) is 2.41. The number of ether oxygens (including phenoxy) is 1. The van der Waals surface area contributed by atoms with Gasteiger partial charge in [-0.25, -0.2) is 0 Å². The molecular formula is C17H28O3. The number of rotatable bonds is 2. The molecule has 0 saturated heterocycles. The fourth-order valence-corrected chi connectivity index (χ4v) is 4.23. The smallest absolute Gasteiger partial charge is 0.303 e. The Morgan fingerprint density at radius 1 is 1.50 bits per heavy atom. The largest absolute Gasteiger partial charge is 0.458 e. The maximum Gasteiger partial charge on any atom is 0.303 e. The summed E-state index contributed by atoms with van der Waals surface area (Å²) in [7, 11) is 0. The minimum atomic E-state index is -0.741. The molecule has 0 aliphatic heterocycles. The molecule has 2 rings (SSSR count). The molecule has 3 heteroatoms. The Bertz CT molecular complexity index is 426. The summed E-state index contributed by atoms with van der Waals surface area (Å²) in [6.07, 6.45) is 5.39. The van der Waals surface area contributed by atoms with Crippen LogP contribution in [0.1, 0.15) is 60.3 Å². The first-order valence-corrected chi connectivity index (χ1v) is 7.76. The van der Waals surface area contributed by atoms with Crippen molar-refractivity contribution in [2.75, 3.05) is 0 Å². The van der Waals surface area contributed by atoms with Crippen LogP contribution in [-0.2, 0) is 9.53 Å². The molecule has 0 aromatic carbocycles. The van der Waals surface area contributed by atoms with Crippen LogP contribution in [0.15, 0.2) is 11.6 Å². The maximum atomic E-state index is 11.5. The van der Waals surface area contributed by atoms with Gasteiger partial charge in [-0.1, -0.05) is 26.8 Å². The lowest BCUT2D eigenvalue weighted by atomic mass is 9.67. The Kier molecular flexibility index (Phi) is 4.03. The van der Waals surface area contributed by atoms with Crippen LogP contribution in [0.2, 0.25) is 0 Å². The summed E-state index contributed by atoms with van der Waals surface area (Å²) in [4.78, 5) is 11.3. The Hall–Kier alpha value is -0.830. The van der Waals surface area contributed by atoms with E-state index in [-0.39, 0.29) is 23.4 Å². The maximum absolute atomic E-state index is 11.5. The van der Waals surface area contributed by atoms with Gasteiger partial charge in [-0.05, 0) is 43.6 Å². The predicted octanol–water partition coefficient (Wildman–Crippen LogP) is 3.46. The van der Waals surface area contributed by atoms with Crippen molar-refractivity contribution in [3.63, 3.8) is 0 Å². The number of hydrogen-bond acceptors (Lipinski definition) is 3. The van der Waals surface area contributed by atoms with Crippen molar-refractivity contribution >= 4 is 5.97 Å². The van der Waals surface area contributed by atoms with E-state index in [1.54, 1.807) is 0 Å². The average molecular weight is 280 g/mol. The predicted molar refractivity (Wildman–Crippen MR) is 79.2 cm³/mol. The lowest BCUT2D eigenvalue weighted by Crippen LogP contribution is -2.49. The van der Waals surface area contributed by atoms with Gasteiger partial charge >= 0.3 is 5.97 Å². The molecule has 0 radical (unpaired) electrons. The first-order chi connectivity index (χ1) is 9.19. The fourth-order valence-electron chi connectivity index (χ4n) is 4.23. The lowest BCUT2D eigenvalue weighted by molar-refractivity contribution is -0.153. The SMILES string of the molecule is CC(=O)OC1CC2(O)C(C(C)C)CCC2(C)CC=C1C. The van der Waals surface area contributed by atoms with Crippen molar-refractivity contribution in [1.29, 1.82) is 0 Å².